The average Bonchev–Trinajstić information content (AvgIpc) is 2.26. The quantitative estimate of drug-likeness (QED) is 0.380. The molecule has 1 aromatic carbocycles. The van der Waals surface area contributed by atoms with Crippen molar-refractivity contribution < 1.29 is 4.92 Å². The fourth-order valence-electron chi connectivity index (χ4n) is 1.04. The Morgan fingerprint density at radius 1 is 1.62 bits per heavy atom. The van der Waals surface area contributed by atoms with Crippen LogP contribution in [0.15, 0.2) is 18.2 Å². The summed E-state index contributed by atoms with van der Waals surface area (Å²) in [5.41, 5.74) is 0.591. The molecular weight excluding hydrogens is 250 g/mol. The number of benzene rings is 1. The highest BCUT2D eigenvalue weighted by atomic mass is 35.5. The van der Waals surface area contributed by atoms with Crippen molar-refractivity contribution in [3.63, 3.8) is 0 Å². The summed E-state index contributed by atoms with van der Waals surface area (Å²) in [5, 5.41) is 24.0. The van der Waals surface area contributed by atoms with Crippen molar-refractivity contribution in [2.24, 2.45) is 0 Å². The molecule has 0 radical (unpaired) electrons. The standard InChI is InChI=1S/C9H8ClN3O2S/c10-8-5-7(13(14)15)1-2-9(8)12-3-4-16-6-11/h1-2,5,12H,3-4H2. The van der Waals surface area contributed by atoms with Crippen molar-refractivity contribution in [1.29, 1.82) is 5.26 Å². The zero-order valence-electron chi connectivity index (χ0n) is 8.14. The lowest BCUT2D eigenvalue weighted by Crippen LogP contribution is -2.04. The van der Waals surface area contributed by atoms with Crippen molar-refractivity contribution in [2.75, 3.05) is 17.6 Å². The van der Waals surface area contributed by atoms with E-state index < -0.39 is 4.92 Å². The summed E-state index contributed by atoms with van der Waals surface area (Å²) < 4.78 is 0. The number of nitriles is 1. The van der Waals surface area contributed by atoms with Crippen LogP contribution in [0.3, 0.4) is 0 Å². The molecule has 0 aromatic heterocycles. The van der Waals surface area contributed by atoms with E-state index in [0.29, 0.717) is 23.0 Å². The van der Waals surface area contributed by atoms with Gasteiger partial charge in [-0.2, -0.15) is 5.26 Å². The van der Waals surface area contributed by atoms with Crippen LogP contribution in [0.1, 0.15) is 0 Å². The van der Waals surface area contributed by atoms with Gasteiger partial charge in [0.1, 0.15) is 5.40 Å². The molecule has 1 N–H and O–H groups in total. The lowest BCUT2D eigenvalue weighted by Gasteiger charge is -2.06. The molecule has 0 unspecified atom stereocenters. The van der Waals surface area contributed by atoms with Crippen LogP contribution in [-0.2, 0) is 0 Å². The first kappa shape index (κ1) is 12.6. The molecule has 5 nitrogen and oxygen atoms in total. The number of thiocyanates is 1. The van der Waals surface area contributed by atoms with Crippen LogP contribution >= 0.6 is 23.4 Å². The highest BCUT2D eigenvalue weighted by Crippen LogP contribution is 2.26. The minimum absolute atomic E-state index is 0.0399. The number of rotatable bonds is 5. The number of halogens is 1. The zero-order chi connectivity index (χ0) is 12.0. The molecule has 0 atom stereocenters. The van der Waals surface area contributed by atoms with Crippen LogP contribution in [0.25, 0.3) is 0 Å². The second kappa shape index (κ2) is 6.20. The molecule has 0 amide bonds. The van der Waals surface area contributed by atoms with Gasteiger partial charge >= 0.3 is 0 Å². The molecule has 84 valence electrons. The fourth-order valence-corrected chi connectivity index (χ4v) is 1.58. The summed E-state index contributed by atoms with van der Waals surface area (Å²) in [7, 11) is 0. The summed E-state index contributed by atoms with van der Waals surface area (Å²) in [5.74, 6) is 0.629. The van der Waals surface area contributed by atoms with Crippen molar-refractivity contribution in [3.05, 3.63) is 33.3 Å². The number of nitrogens with zero attached hydrogens (tertiary/aromatic N) is 2. The van der Waals surface area contributed by atoms with Crippen LogP contribution < -0.4 is 5.32 Å². The Morgan fingerprint density at radius 3 is 2.94 bits per heavy atom. The average molecular weight is 258 g/mol. The molecule has 1 rings (SSSR count). The molecule has 0 heterocycles. The van der Waals surface area contributed by atoms with E-state index in [-0.39, 0.29) is 5.69 Å². The number of anilines is 1. The molecule has 0 aliphatic rings. The fraction of sp³-hybridized carbons (Fsp3) is 0.222. The van der Waals surface area contributed by atoms with E-state index in [1.807, 2.05) is 5.40 Å². The molecule has 0 aliphatic heterocycles. The number of nitro benzene ring substituents is 1. The van der Waals surface area contributed by atoms with Crippen LogP contribution in [0.2, 0.25) is 5.02 Å². The van der Waals surface area contributed by atoms with Crippen molar-refractivity contribution >= 4 is 34.7 Å². The van der Waals surface area contributed by atoms with Gasteiger partial charge in [-0.15, -0.1) is 0 Å². The molecule has 0 bridgehead atoms. The maximum Gasteiger partial charge on any atom is 0.271 e. The maximum absolute atomic E-state index is 10.5. The molecule has 0 fully saturated rings. The first-order chi connectivity index (χ1) is 7.65. The number of hydrogen-bond acceptors (Lipinski definition) is 5. The van der Waals surface area contributed by atoms with E-state index in [2.05, 4.69) is 5.32 Å². The van der Waals surface area contributed by atoms with E-state index in [1.165, 1.54) is 12.1 Å². The zero-order valence-corrected chi connectivity index (χ0v) is 9.72. The Balaban J connectivity index is 2.62. The molecule has 0 aliphatic carbocycles. The van der Waals surface area contributed by atoms with Crippen molar-refractivity contribution in [1.82, 2.24) is 0 Å². The largest absolute Gasteiger partial charge is 0.383 e. The van der Waals surface area contributed by atoms with Crippen LogP contribution in [0, 0.1) is 20.8 Å². The Kier molecular flexibility index (Phi) is 4.89. The normalized spacial score (nSPS) is 9.50. The first-order valence-electron chi connectivity index (χ1n) is 4.34. The van der Waals surface area contributed by atoms with Gasteiger partial charge in [0.05, 0.1) is 15.6 Å². The minimum atomic E-state index is -0.499. The second-order valence-electron chi connectivity index (χ2n) is 2.79. The lowest BCUT2D eigenvalue weighted by molar-refractivity contribution is -0.384. The third kappa shape index (κ3) is 3.61. The van der Waals surface area contributed by atoms with Crippen molar-refractivity contribution in [3.8, 4) is 5.40 Å². The number of nitrogens with one attached hydrogen (secondary N) is 1. The first-order valence-corrected chi connectivity index (χ1v) is 5.70. The maximum atomic E-state index is 10.5. The Morgan fingerprint density at radius 2 is 2.38 bits per heavy atom. The predicted octanol–water partition coefficient (Wildman–Crippen LogP) is 2.87. The molecule has 7 heteroatoms. The van der Waals surface area contributed by atoms with E-state index in [4.69, 9.17) is 16.9 Å². The molecule has 16 heavy (non-hydrogen) atoms. The highest BCUT2D eigenvalue weighted by molar-refractivity contribution is 8.03. The third-order valence-corrected chi connectivity index (χ3v) is 2.60. The Labute approximate surface area is 102 Å². The van der Waals surface area contributed by atoms with Gasteiger partial charge < -0.3 is 5.32 Å². The van der Waals surface area contributed by atoms with E-state index in [9.17, 15) is 10.1 Å². The van der Waals surface area contributed by atoms with Crippen LogP contribution in [0.5, 0.6) is 0 Å². The summed E-state index contributed by atoms with van der Waals surface area (Å²) >= 11 is 6.98. The van der Waals surface area contributed by atoms with Gasteiger partial charge in [-0.3, -0.25) is 10.1 Å². The molecule has 0 spiro atoms. The van der Waals surface area contributed by atoms with Gasteiger partial charge in [0.2, 0.25) is 0 Å². The van der Waals surface area contributed by atoms with Crippen LogP contribution in [0.4, 0.5) is 11.4 Å². The predicted molar refractivity (Wildman–Crippen MR) is 64.7 cm³/mol. The molecule has 0 saturated carbocycles. The Hall–Kier alpha value is -1.45. The van der Waals surface area contributed by atoms with Gasteiger partial charge in [0, 0.05) is 24.4 Å². The second-order valence-corrected chi connectivity index (χ2v) is 4.07. The molecule has 0 saturated heterocycles. The van der Waals surface area contributed by atoms with Gasteiger partial charge in [-0.1, -0.05) is 11.6 Å². The summed E-state index contributed by atoms with van der Waals surface area (Å²) in [6, 6.07) is 4.23. The highest BCUT2D eigenvalue weighted by Gasteiger charge is 2.08. The molecular formula is C9H8ClN3O2S. The Bertz CT molecular complexity index is 433. The SMILES string of the molecule is N#CSCCNc1ccc([N+](=O)[O-])cc1Cl. The van der Waals surface area contributed by atoms with Crippen LogP contribution in [-0.4, -0.2) is 17.2 Å². The van der Waals surface area contributed by atoms with Gasteiger partial charge in [-0.25, -0.2) is 0 Å². The number of non-ortho nitro benzene ring substituents is 1. The van der Waals surface area contributed by atoms with Gasteiger partial charge in [0.25, 0.3) is 5.69 Å². The summed E-state index contributed by atoms with van der Waals surface area (Å²) in [6.45, 7) is 0.579. The number of hydrogen-bond donors (Lipinski definition) is 1. The monoisotopic (exact) mass is 257 g/mol. The van der Waals surface area contributed by atoms with Gasteiger partial charge in [0.15, 0.2) is 0 Å². The molecule has 1 aromatic rings. The van der Waals surface area contributed by atoms with E-state index in [1.54, 1.807) is 6.07 Å². The minimum Gasteiger partial charge on any atom is -0.383 e. The summed E-state index contributed by atoms with van der Waals surface area (Å²) in [4.78, 5) is 9.95. The lowest BCUT2D eigenvalue weighted by atomic mass is 10.3. The van der Waals surface area contributed by atoms with E-state index in [0.717, 1.165) is 11.8 Å². The third-order valence-electron chi connectivity index (χ3n) is 1.75. The summed E-state index contributed by atoms with van der Waals surface area (Å²) in [6.07, 6.45) is 0. The topological polar surface area (TPSA) is 79.0 Å². The number of thioether (sulfide) groups is 1. The van der Waals surface area contributed by atoms with Crippen molar-refractivity contribution in [2.45, 2.75) is 0 Å². The number of nitro groups is 1. The van der Waals surface area contributed by atoms with Gasteiger partial charge in [-0.05, 0) is 17.8 Å². The van der Waals surface area contributed by atoms with E-state index >= 15 is 0 Å². The smallest absolute Gasteiger partial charge is 0.271 e.